The van der Waals surface area contributed by atoms with Gasteiger partial charge in [-0.05, 0) is 36.8 Å². The SMILES string of the molecule is Cc1ccc(Cl)cc1NC(=O)COC(=O)c1ccc(S(C)(=O)=O)c([N+](=O)[O-])c1. The number of aryl methyl sites for hydroxylation is 1. The molecule has 9 nitrogen and oxygen atoms in total. The van der Waals surface area contributed by atoms with Gasteiger partial charge in [0, 0.05) is 23.0 Å². The summed E-state index contributed by atoms with van der Waals surface area (Å²) >= 11 is 5.86. The van der Waals surface area contributed by atoms with E-state index in [4.69, 9.17) is 16.3 Å². The van der Waals surface area contributed by atoms with Crippen LogP contribution in [0.15, 0.2) is 41.3 Å². The van der Waals surface area contributed by atoms with Gasteiger partial charge in [-0.1, -0.05) is 17.7 Å². The molecule has 0 heterocycles. The standard InChI is InChI=1S/C17H15ClN2O7S/c1-10-3-5-12(18)8-13(10)19-16(21)9-27-17(22)11-4-6-15(28(2,25)26)14(7-11)20(23)24/h3-8H,9H2,1-2H3,(H,19,21). The molecular formula is C17H15ClN2O7S. The van der Waals surface area contributed by atoms with E-state index in [0.29, 0.717) is 10.7 Å². The predicted octanol–water partition coefficient (Wildman–Crippen LogP) is 2.76. The lowest BCUT2D eigenvalue weighted by atomic mass is 10.2. The van der Waals surface area contributed by atoms with Gasteiger partial charge in [0.25, 0.3) is 11.6 Å². The zero-order valence-corrected chi connectivity index (χ0v) is 16.3. The molecule has 0 aromatic heterocycles. The second-order valence-electron chi connectivity index (χ2n) is 5.80. The summed E-state index contributed by atoms with van der Waals surface area (Å²) in [6.45, 7) is 1.10. The number of halogens is 1. The third-order valence-electron chi connectivity index (χ3n) is 3.60. The molecule has 0 aliphatic rings. The Morgan fingerprint density at radius 1 is 1.21 bits per heavy atom. The van der Waals surface area contributed by atoms with E-state index in [-0.39, 0.29) is 5.56 Å². The molecule has 148 valence electrons. The Hall–Kier alpha value is -2.98. The van der Waals surface area contributed by atoms with Gasteiger partial charge in [0.1, 0.15) is 4.90 Å². The van der Waals surface area contributed by atoms with Crippen LogP contribution in [0.25, 0.3) is 0 Å². The fourth-order valence-corrected chi connectivity index (χ4v) is 3.23. The Balaban J connectivity index is 2.10. The Morgan fingerprint density at radius 3 is 2.50 bits per heavy atom. The number of anilines is 1. The normalized spacial score (nSPS) is 11.0. The van der Waals surface area contributed by atoms with Gasteiger partial charge in [0.2, 0.25) is 0 Å². The van der Waals surface area contributed by atoms with E-state index in [9.17, 15) is 28.1 Å². The summed E-state index contributed by atoms with van der Waals surface area (Å²) in [5.74, 6) is -1.65. The van der Waals surface area contributed by atoms with Crippen LogP contribution in [-0.4, -0.2) is 38.1 Å². The van der Waals surface area contributed by atoms with Gasteiger partial charge >= 0.3 is 5.97 Å². The van der Waals surface area contributed by atoms with E-state index < -0.39 is 43.8 Å². The lowest BCUT2D eigenvalue weighted by molar-refractivity contribution is -0.387. The van der Waals surface area contributed by atoms with Crippen molar-refractivity contribution in [3.05, 3.63) is 62.7 Å². The van der Waals surface area contributed by atoms with Crippen LogP contribution in [0, 0.1) is 17.0 Å². The van der Waals surface area contributed by atoms with E-state index >= 15 is 0 Å². The van der Waals surface area contributed by atoms with E-state index in [1.54, 1.807) is 19.1 Å². The van der Waals surface area contributed by atoms with Crippen molar-refractivity contribution in [1.29, 1.82) is 0 Å². The molecule has 28 heavy (non-hydrogen) atoms. The molecule has 0 radical (unpaired) electrons. The van der Waals surface area contributed by atoms with E-state index in [1.807, 2.05) is 0 Å². The molecule has 2 aromatic rings. The molecular weight excluding hydrogens is 412 g/mol. The number of nitrogens with zero attached hydrogens (tertiary/aromatic N) is 1. The maximum Gasteiger partial charge on any atom is 0.338 e. The molecule has 0 aliphatic heterocycles. The van der Waals surface area contributed by atoms with E-state index in [0.717, 1.165) is 30.0 Å². The van der Waals surface area contributed by atoms with Crippen molar-refractivity contribution in [2.75, 3.05) is 18.2 Å². The number of rotatable bonds is 6. The highest BCUT2D eigenvalue weighted by Gasteiger charge is 2.24. The Kier molecular flexibility index (Phi) is 6.37. The molecule has 2 rings (SSSR count). The Labute approximate surface area is 165 Å². The fourth-order valence-electron chi connectivity index (χ4n) is 2.23. The summed E-state index contributed by atoms with van der Waals surface area (Å²) in [6.07, 6.45) is 0.815. The third-order valence-corrected chi connectivity index (χ3v) is 4.98. The minimum absolute atomic E-state index is 0.258. The third kappa shape index (κ3) is 5.27. The highest BCUT2D eigenvalue weighted by atomic mass is 35.5. The number of carbonyl (C=O) groups excluding carboxylic acids is 2. The topological polar surface area (TPSA) is 133 Å². The zero-order valence-electron chi connectivity index (χ0n) is 14.8. The van der Waals surface area contributed by atoms with Crippen LogP contribution in [0.2, 0.25) is 5.02 Å². The van der Waals surface area contributed by atoms with Crippen molar-refractivity contribution in [2.24, 2.45) is 0 Å². The number of hydrogen-bond acceptors (Lipinski definition) is 7. The summed E-state index contributed by atoms with van der Waals surface area (Å²) in [7, 11) is -3.86. The van der Waals surface area contributed by atoms with Gasteiger partial charge < -0.3 is 10.1 Å². The van der Waals surface area contributed by atoms with Crippen molar-refractivity contribution in [3.8, 4) is 0 Å². The lowest BCUT2D eigenvalue weighted by Crippen LogP contribution is -2.21. The second-order valence-corrected chi connectivity index (χ2v) is 8.22. The van der Waals surface area contributed by atoms with Gasteiger partial charge in [-0.2, -0.15) is 0 Å². The molecule has 0 spiro atoms. The van der Waals surface area contributed by atoms with Crippen LogP contribution in [0.3, 0.4) is 0 Å². The van der Waals surface area contributed by atoms with Crippen molar-refractivity contribution >= 4 is 44.7 Å². The van der Waals surface area contributed by atoms with Crippen LogP contribution in [0.4, 0.5) is 11.4 Å². The molecule has 0 atom stereocenters. The summed E-state index contributed by atoms with van der Waals surface area (Å²) in [5, 5.41) is 14.0. The van der Waals surface area contributed by atoms with Crippen LogP contribution >= 0.6 is 11.6 Å². The number of sulfone groups is 1. The second kappa shape index (κ2) is 8.36. The summed E-state index contributed by atoms with van der Waals surface area (Å²) in [5.41, 5.74) is 0.180. The predicted molar refractivity (Wildman–Crippen MR) is 101 cm³/mol. The number of nitrogens with one attached hydrogen (secondary N) is 1. The maximum atomic E-state index is 12.1. The van der Waals surface area contributed by atoms with Crippen LogP contribution in [0.1, 0.15) is 15.9 Å². The largest absolute Gasteiger partial charge is 0.452 e. The lowest BCUT2D eigenvalue weighted by Gasteiger charge is -2.09. The number of hydrogen-bond donors (Lipinski definition) is 1. The minimum atomic E-state index is -3.86. The summed E-state index contributed by atoms with van der Waals surface area (Å²) in [4.78, 5) is 33.7. The van der Waals surface area contributed by atoms with E-state index in [1.165, 1.54) is 6.07 Å². The number of carbonyl (C=O) groups is 2. The van der Waals surface area contributed by atoms with E-state index in [2.05, 4.69) is 5.32 Å². The molecule has 2 aromatic carbocycles. The van der Waals surface area contributed by atoms with Crippen molar-refractivity contribution in [3.63, 3.8) is 0 Å². The summed E-state index contributed by atoms with van der Waals surface area (Å²) < 4.78 is 28.0. The molecule has 1 amide bonds. The number of nitro groups is 1. The monoisotopic (exact) mass is 426 g/mol. The quantitative estimate of drug-likeness (QED) is 0.426. The molecule has 0 bridgehead atoms. The van der Waals surface area contributed by atoms with Crippen LogP contribution in [-0.2, 0) is 19.4 Å². The van der Waals surface area contributed by atoms with Crippen molar-refractivity contribution < 1.29 is 27.7 Å². The van der Waals surface area contributed by atoms with Gasteiger partial charge in [0.15, 0.2) is 16.4 Å². The molecule has 11 heteroatoms. The highest BCUT2D eigenvalue weighted by Crippen LogP contribution is 2.25. The van der Waals surface area contributed by atoms with Crippen LogP contribution in [0.5, 0.6) is 0 Å². The number of esters is 1. The molecule has 0 unspecified atom stereocenters. The smallest absolute Gasteiger partial charge is 0.338 e. The number of amides is 1. The molecule has 0 saturated carbocycles. The zero-order chi connectivity index (χ0) is 21.1. The molecule has 0 fully saturated rings. The highest BCUT2D eigenvalue weighted by molar-refractivity contribution is 7.90. The first-order valence-corrected chi connectivity index (χ1v) is 9.97. The first-order chi connectivity index (χ1) is 13.0. The van der Waals surface area contributed by atoms with Gasteiger partial charge in [-0.3, -0.25) is 14.9 Å². The Bertz CT molecular complexity index is 1070. The van der Waals surface area contributed by atoms with Crippen LogP contribution < -0.4 is 5.32 Å². The van der Waals surface area contributed by atoms with Crippen molar-refractivity contribution in [1.82, 2.24) is 0 Å². The van der Waals surface area contributed by atoms with Gasteiger partial charge in [-0.15, -0.1) is 0 Å². The molecule has 0 saturated heterocycles. The fraction of sp³-hybridized carbons (Fsp3) is 0.176. The number of ether oxygens (including phenoxy) is 1. The summed E-state index contributed by atoms with van der Waals surface area (Å²) in [6, 6.07) is 7.69. The first-order valence-electron chi connectivity index (χ1n) is 7.70. The average molecular weight is 427 g/mol. The Morgan fingerprint density at radius 2 is 1.89 bits per heavy atom. The molecule has 0 aliphatic carbocycles. The maximum absolute atomic E-state index is 12.1. The first kappa shape index (κ1) is 21.3. The van der Waals surface area contributed by atoms with Gasteiger partial charge in [-0.25, -0.2) is 13.2 Å². The number of nitro benzene ring substituents is 1. The average Bonchev–Trinajstić information content (AvgIpc) is 2.61. The minimum Gasteiger partial charge on any atom is -0.452 e. The molecule has 1 N–H and O–H groups in total. The number of benzene rings is 2. The van der Waals surface area contributed by atoms with Gasteiger partial charge in [0.05, 0.1) is 10.5 Å². The van der Waals surface area contributed by atoms with Crippen molar-refractivity contribution in [2.45, 2.75) is 11.8 Å².